The molecule has 0 aliphatic heterocycles. The SMILES string of the molecule is CNCC(C)C(C)n1nc(C)nc1C. The standard InChI is InChI=1S/C10H20N4/c1-7(6-11-5)8(2)14-10(4)12-9(3)13-14/h7-8,11H,6H2,1-5H3. The lowest BCUT2D eigenvalue weighted by molar-refractivity contribution is 0.337. The second-order valence-corrected chi connectivity index (χ2v) is 3.93. The van der Waals surface area contributed by atoms with E-state index in [0.29, 0.717) is 12.0 Å². The van der Waals surface area contributed by atoms with Gasteiger partial charge in [0.15, 0.2) is 0 Å². The summed E-state index contributed by atoms with van der Waals surface area (Å²) in [5, 5.41) is 7.57. The molecule has 0 amide bonds. The Morgan fingerprint density at radius 2 is 2.00 bits per heavy atom. The predicted molar refractivity (Wildman–Crippen MR) is 57.3 cm³/mol. The molecule has 4 heteroatoms. The minimum Gasteiger partial charge on any atom is -0.319 e. The molecule has 2 atom stereocenters. The van der Waals surface area contributed by atoms with E-state index < -0.39 is 0 Å². The van der Waals surface area contributed by atoms with Crippen LogP contribution in [0, 0.1) is 19.8 Å². The molecule has 1 aromatic rings. The second kappa shape index (κ2) is 4.55. The molecular weight excluding hydrogens is 176 g/mol. The first-order valence-corrected chi connectivity index (χ1v) is 5.10. The molecule has 14 heavy (non-hydrogen) atoms. The quantitative estimate of drug-likeness (QED) is 0.789. The van der Waals surface area contributed by atoms with Crippen molar-refractivity contribution in [3.8, 4) is 0 Å². The van der Waals surface area contributed by atoms with Crippen LogP contribution in [-0.4, -0.2) is 28.4 Å². The van der Waals surface area contributed by atoms with Crippen molar-refractivity contribution in [1.82, 2.24) is 20.1 Å². The average Bonchev–Trinajstić information content (AvgIpc) is 2.44. The number of aromatic nitrogens is 3. The Kier molecular flexibility index (Phi) is 3.63. The molecule has 0 aliphatic rings. The Morgan fingerprint density at radius 1 is 1.36 bits per heavy atom. The van der Waals surface area contributed by atoms with Gasteiger partial charge in [-0.3, -0.25) is 0 Å². The summed E-state index contributed by atoms with van der Waals surface area (Å²) < 4.78 is 2.01. The van der Waals surface area contributed by atoms with Crippen molar-refractivity contribution < 1.29 is 0 Å². The number of nitrogens with zero attached hydrogens (tertiary/aromatic N) is 3. The van der Waals surface area contributed by atoms with Gasteiger partial charge in [-0.05, 0) is 40.3 Å². The molecule has 0 fully saturated rings. The van der Waals surface area contributed by atoms with Crippen LogP contribution in [0.25, 0.3) is 0 Å². The highest BCUT2D eigenvalue weighted by Gasteiger charge is 2.16. The molecular formula is C10H20N4. The van der Waals surface area contributed by atoms with Gasteiger partial charge in [-0.1, -0.05) is 6.92 Å². The lowest BCUT2D eigenvalue weighted by Gasteiger charge is -2.20. The zero-order valence-electron chi connectivity index (χ0n) is 9.70. The minimum atomic E-state index is 0.392. The third kappa shape index (κ3) is 2.32. The number of aryl methyl sites for hydroxylation is 2. The van der Waals surface area contributed by atoms with Gasteiger partial charge < -0.3 is 5.32 Å². The largest absolute Gasteiger partial charge is 0.319 e. The van der Waals surface area contributed by atoms with E-state index in [0.717, 1.165) is 18.2 Å². The van der Waals surface area contributed by atoms with E-state index in [4.69, 9.17) is 0 Å². The van der Waals surface area contributed by atoms with E-state index in [1.807, 2.05) is 25.6 Å². The monoisotopic (exact) mass is 196 g/mol. The summed E-state index contributed by atoms with van der Waals surface area (Å²) in [4.78, 5) is 4.31. The van der Waals surface area contributed by atoms with Gasteiger partial charge in [0.2, 0.25) is 0 Å². The van der Waals surface area contributed by atoms with Crippen LogP contribution in [0.4, 0.5) is 0 Å². The Labute approximate surface area is 85.7 Å². The molecule has 0 saturated carbocycles. The second-order valence-electron chi connectivity index (χ2n) is 3.93. The summed E-state index contributed by atoms with van der Waals surface area (Å²) >= 11 is 0. The fourth-order valence-corrected chi connectivity index (χ4v) is 1.66. The van der Waals surface area contributed by atoms with Crippen molar-refractivity contribution in [3.05, 3.63) is 11.6 Å². The molecule has 1 N–H and O–H groups in total. The molecule has 2 unspecified atom stereocenters. The third-order valence-electron chi connectivity index (χ3n) is 2.64. The van der Waals surface area contributed by atoms with E-state index in [-0.39, 0.29) is 0 Å². The molecule has 1 aromatic heterocycles. The van der Waals surface area contributed by atoms with Crippen molar-refractivity contribution in [2.24, 2.45) is 5.92 Å². The fourth-order valence-electron chi connectivity index (χ4n) is 1.66. The number of hydrogen-bond donors (Lipinski definition) is 1. The van der Waals surface area contributed by atoms with Gasteiger partial charge in [-0.15, -0.1) is 0 Å². The highest BCUT2D eigenvalue weighted by molar-refractivity contribution is 4.90. The summed E-state index contributed by atoms with van der Waals surface area (Å²) in [5.74, 6) is 2.41. The maximum absolute atomic E-state index is 4.39. The molecule has 0 bridgehead atoms. The van der Waals surface area contributed by atoms with Crippen LogP contribution in [0.15, 0.2) is 0 Å². The minimum absolute atomic E-state index is 0.392. The molecule has 1 rings (SSSR count). The summed E-state index contributed by atoms with van der Waals surface area (Å²) in [5.41, 5.74) is 0. The van der Waals surface area contributed by atoms with Gasteiger partial charge in [0.05, 0.1) is 6.04 Å². The molecule has 0 saturated heterocycles. The highest BCUT2D eigenvalue weighted by atomic mass is 15.4. The van der Waals surface area contributed by atoms with Gasteiger partial charge in [-0.25, -0.2) is 9.67 Å². The van der Waals surface area contributed by atoms with E-state index >= 15 is 0 Å². The van der Waals surface area contributed by atoms with Gasteiger partial charge in [0.25, 0.3) is 0 Å². The van der Waals surface area contributed by atoms with Gasteiger partial charge in [0, 0.05) is 0 Å². The normalized spacial score (nSPS) is 15.5. The zero-order chi connectivity index (χ0) is 10.7. The maximum atomic E-state index is 4.39. The maximum Gasteiger partial charge on any atom is 0.147 e. The first-order chi connectivity index (χ1) is 6.56. The van der Waals surface area contributed by atoms with Crippen LogP contribution >= 0.6 is 0 Å². The molecule has 1 heterocycles. The van der Waals surface area contributed by atoms with Gasteiger partial charge >= 0.3 is 0 Å². The Morgan fingerprint density at radius 3 is 2.43 bits per heavy atom. The summed E-state index contributed by atoms with van der Waals surface area (Å²) in [6, 6.07) is 0.392. The zero-order valence-corrected chi connectivity index (χ0v) is 9.70. The molecule has 0 radical (unpaired) electrons. The summed E-state index contributed by atoms with van der Waals surface area (Å²) in [6.07, 6.45) is 0. The van der Waals surface area contributed by atoms with Crippen molar-refractivity contribution in [2.45, 2.75) is 33.7 Å². The fraction of sp³-hybridized carbons (Fsp3) is 0.800. The Hall–Kier alpha value is -0.900. The lowest BCUT2D eigenvalue weighted by Crippen LogP contribution is -2.25. The summed E-state index contributed by atoms with van der Waals surface area (Å²) in [7, 11) is 1.97. The number of hydrogen-bond acceptors (Lipinski definition) is 3. The molecule has 0 aliphatic carbocycles. The van der Waals surface area contributed by atoms with Crippen molar-refractivity contribution in [3.63, 3.8) is 0 Å². The van der Waals surface area contributed by atoms with E-state index in [1.54, 1.807) is 0 Å². The van der Waals surface area contributed by atoms with Crippen LogP contribution in [0.1, 0.15) is 31.5 Å². The highest BCUT2D eigenvalue weighted by Crippen LogP contribution is 2.17. The van der Waals surface area contributed by atoms with Crippen LogP contribution in [0.5, 0.6) is 0 Å². The first-order valence-electron chi connectivity index (χ1n) is 5.10. The van der Waals surface area contributed by atoms with Crippen LogP contribution in [0.2, 0.25) is 0 Å². The predicted octanol–water partition coefficient (Wildman–Crippen LogP) is 1.31. The van der Waals surface area contributed by atoms with Crippen LogP contribution < -0.4 is 5.32 Å². The Bertz CT molecular complexity index is 292. The van der Waals surface area contributed by atoms with E-state index in [1.165, 1.54) is 0 Å². The first kappa shape index (κ1) is 11.2. The lowest BCUT2D eigenvalue weighted by atomic mass is 10.0. The van der Waals surface area contributed by atoms with Crippen LogP contribution in [-0.2, 0) is 0 Å². The van der Waals surface area contributed by atoms with E-state index in [2.05, 4.69) is 29.2 Å². The number of rotatable bonds is 4. The van der Waals surface area contributed by atoms with E-state index in [9.17, 15) is 0 Å². The molecule has 0 aromatic carbocycles. The average molecular weight is 196 g/mol. The van der Waals surface area contributed by atoms with Crippen molar-refractivity contribution in [2.75, 3.05) is 13.6 Å². The van der Waals surface area contributed by atoms with Crippen molar-refractivity contribution >= 4 is 0 Å². The Balaban J connectivity index is 2.77. The van der Waals surface area contributed by atoms with Gasteiger partial charge in [0.1, 0.15) is 11.6 Å². The smallest absolute Gasteiger partial charge is 0.147 e. The summed E-state index contributed by atoms with van der Waals surface area (Å²) in [6.45, 7) is 9.34. The van der Waals surface area contributed by atoms with Crippen LogP contribution in [0.3, 0.4) is 0 Å². The van der Waals surface area contributed by atoms with Crippen molar-refractivity contribution in [1.29, 1.82) is 0 Å². The third-order valence-corrected chi connectivity index (χ3v) is 2.64. The van der Waals surface area contributed by atoms with Gasteiger partial charge in [-0.2, -0.15) is 5.10 Å². The topological polar surface area (TPSA) is 42.7 Å². The molecule has 80 valence electrons. The number of nitrogens with one attached hydrogen (secondary N) is 1. The molecule has 4 nitrogen and oxygen atoms in total. The molecule has 0 spiro atoms.